The number of pyridine rings is 1. The summed E-state index contributed by atoms with van der Waals surface area (Å²) in [6.45, 7) is 6.24. The number of anilines is 1. The van der Waals surface area contributed by atoms with Crippen LogP contribution in [0.3, 0.4) is 0 Å². The van der Waals surface area contributed by atoms with Crippen molar-refractivity contribution in [3.05, 3.63) is 61.6 Å². The summed E-state index contributed by atoms with van der Waals surface area (Å²) in [6.07, 6.45) is 3.19. The smallest absolute Gasteiger partial charge is 0.477 e. The largest absolute Gasteiger partial charge is 0.519 e. The molecule has 2 aromatic heterocycles. The molecule has 1 saturated carbocycles. The van der Waals surface area contributed by atoms with Gasteiger partial charge >= 0.3 is 11.8 Å². The van der Waals surface area contributed by atoms with Gasteiger partial charge in [0.25, 0.3) is 0 Å². The maximum Gasteiger partial charge on any atom is 0.519 e. The minimum atomic E-state index is -1.31. The minimum Gasteiger partial charge on any atom is -0.477 e. The summed E-state index contributed by atoms with van der Waals surface area (Å²) >= 11 is 0. The molecule has 0 unspecified atom stereocenters. The lowest BCUT2D eigenvalue weighted by atomic mass is 10.0. The van der Waals surface area contributed by atoms with Crippen molar-refractivity contribution < 1.29 is 23.1 Å². The summed E-state index contributed by atoms with van der Waals surface area (Å²) in [6, 6.07) is 1.30. The highest BCUT2D eigenvalue weighted by Crippen LogP contribution is 2.40. The second-order valence-electron chi connectivity index (χ2n) is 8.74. The van der Waals surface area contributed by atoms with Gasteiger partial charge in [-0.1, -0.05) is 0 Å². The number of halogens is 1. The van der Waals surface area contributed by atoms with Gasteiger partial charge in [-0.25, -0.2) is 14.0 Å². The fourth-order valence-electron chi connectivity index (χ4n) is 4.70. The standard InChI is InChI=1S/C23H24FN3O6/c1-12-19-15(21(28)16(22(29)30)10-27(19)14-3-4-14)9-17(24)20(12)26-7-5-25(6-8-26)11-18-13(2)32-23(31)33-18/h9-10,14H,3-8,11H2,1-2H3,(H,29,30). The lowest BCUT2D eigenvalue weighted by Gasteiger charge is -2.36. The number of carboxylic acids is 1. The number of carboxylic acid groups (broad SMARTS) is 1. The van der Waals surface area contributed by atoms with Gasteiger partial charge in [-0.15, -0.1) is 0 Å². The summed E-state index contributed by atoms with van der Waals surface area (Å²) < 4.78 is 27.1. The van der Waals surface area contributed by atoms with Gasteiger partial charge in [0.05, 0.1) is 17.7 Å². The highest BCUT2D eigenvalue weighted by molar-refractivity contribution is 5.95. The highest BCUT2D eigenvalue weighted by atomic mass is 19.1. The zero-order valence-corrected chi connectivity index (χ0v) is 18.4. The molecule has 3 aromatic rings. The fraction of sp³-hybridized carbons (Fsp3) is 0.435. The average Bonchev–Trinajstić information content (AvgIpc) is 3.55. The molecule has 0 amide bonds. The zero-order chi connectivity index (χ0) is 23.4. The van der Waals surface area contributed by atoms with Gasteiger partial charge in [-0.05, 0) is 38.3 Å². The Morgan fingerprint density at radius 2 is 1.85 bits per heavy atom. The molecule has 5 rings (SSSR count). The zero-order valence-electron chi connectivity index (χ0n) is 18.4. The second kappa shape index (κ2) is 7.87. The number of fused-ring (bicyclic) bond motifs is 1. The molecule has 2 fully saturated rings. The van der Waals surface area contributed by atoms with Crippen LogP contribution in [-0.4, -0.2) is 46.7 Å². The topological polar surface area (TPSA) is 109 Å². The number of aryl methyl sites for hydroxylation is 2. The number of benzene rings is 1. The normalized spacial score (nSPS) is 17.1. The molecule has 0 spiro atoms. The van der Waals surface area contributed by atoms with Crippen LogP contribution in [0.1, 0.15) is 46.3 Å². The van der Waals surface area contributed by atoms with Crippen molar-refractivity contribution in [3.63, 3.8) is 0 Å². The van der Waals surface area contributed by atoms with Crippen LogP contribution >= 0.6 is 0 Å². The number of carbonyl (C=O) groups is 1. The molecule has 9 nitrogen and oxygen atoms in total. The van der Waals surface area contributed by atoms with Crippen LogP contribution in [0.5, 0.6) is 0 Å². The van der Waals surface area contributed by atoms with Crippen molar-refractivity contribution in [2.24, 2.45) is 0 Å². The van der Waals surface area contributed by atoms with Crippen LogP contribution in [0, 0.1) is 19.7 Å². The van der Waals surface area contributed by atoms with Crippen LogP contribution in [0.15, 0.2) is 30.7 Å². The molecule has 174 valence electrons. The van der Waals surface area contributed by atoms with E-state index in [-0.39, 0.29) is 17.0 Å². The van der Waals surface area contributed by atoms with Crippen LogP contribution in [0.4, 0.5) is 10.1 Å². The Bertz CT molecular complexity index is 1380. The molecule has 1 aromatic carbocycles. The third-order valence-corrected chi connectivity index (χ3v) is 6.54. The molecule has 2 aliphatic rings. The number of nitrogens with zero attached hydrogens (tertiary/aromatic N) is 3. The van der Waals surface area contributed by atoms with Gasteiger partial charge < -0.3 is 23.4 Å². The van der Waals surface area contributed by atoms with E-state index in [9.17, 15) is 19.5 Å². The first-order valence-electron chi connectivity index (χ1n) is 10.9. The predicted molar refractivity (Wildman–Crippen MR) is 118 cm³/mol. The van der Waals surface area contributed by atoms with Gasteiger partial charge in [0.15, 0.2) is 5.76 Å². The van der Waals surface area contributed by atoms with E-state index in [0.29, 0.717) is 61.0 Å². The Labute approximate surface area is 187 Å². The lowest BCUT2D eigenvalue weighted by Crippen LogP contribution is -2.46. The SMILES string of the molecule is Cc1oc(=O)oc1CN1CCN(c2c(F)cc3c(=O)c(C(=O)O)cn(C4CC4)c3c2C)CC1. The predicted octanol–water partition coefficient (Wildman–Crippen LogP) is 2.66. The summed E-state index contributed by atoms with van der Waals surface area (Å²) in [5.74, 6) is -1.62. The summed E-state index contributed by atoms with van der Waals surface area (Å²) in [5.41, 5.74) is 0.670. The van der Waals surface area contributed by atoms with E-state index < -0.39 is 23.0 Å². The van der Waals surface area contributed by atoms with Gasteiger partial charge in [0.1, 0.15) is 17.1 Å². The van der Waals surface area contributed by atoms with E-state index in [2.05, 4.69) is 4.90 Å². The molecule has 1 aliphatic heterocycles. The Morgan fingerprint density at radius 1 is 1.15 bits per heavy atom. The Kier molecular flexibility index (Phi) is 5.12. The molecule has 0 bridgehead atoms. The van der Waals surface area contributed by atoms with Crippen molar-refractivity contribution in [3.8, 4) is 0 Å². The quantitative estimate of drug-likeness (QED) is 0.623. The van der Waals surface area contributed by atoms with E-state index in [1.807, 2.05) is 9.47 Å². The van der Waals surface area contributed by atoms with Crippen molar-refractivity contribution in [1.29, 1.82) is 0 Å². The molecule has 33 heavy (non-hydrogen) atoms. The molecular formula is C23H24FN3O6. The number of hydrogen-bond acceptors (Lipinski definition) is 7. The Morgan fingerprint density at radius 3 is 2.42 bits per heavy atom. The summed E-state index contributed by atoms with van der Waals surface area (Å²) in [4.78, 5) is 39.7. The summed E-state index contributed by atoms with van der Waals surface area (Å²) in [5, 5.41) is 9.55. The number of rotatable bonds is 5. The molecule has 1 N–H and O–H groups in total. The van der Waals surface area contributed by atoms with E-state index in [4.69, 9.17) is 8.83 Å². The van der Waals surface area contributed by atoms with Crippen molar-refractivity contribution in [1.82, 2.24) is 9.47 Å². The van der Waals surface area contributed by atoms with Gasteiger partial charge in [-0.3, -0.25) is 9.69 Å². The van der Waals surface area contributed by atoms with E-state index in [1.54, 1.807) is 13.8 Å². The molecule has 0 radical (unpaired) electrons. The van der Waals surface area contributed by atoms with Crippen LogP contribution in [0.2, 0.25) is 0 Å². The monoisotopic (exact) mass is 457 g/mol. The van der Waals surface area contributed by atoms with Crippen LogP contribution in [-0.2, 0) is 6.54 Å². The van der Waals surface area contributed by atoms with Gasteiger partial charge in [0.2, 0.25) is 5.43 Å². The maximum absolute atomic E-state index is 15.3. The van der Waals surface area contributed by atoms with Gasteiger partial charge in [0, 0.05) is 43.8 Å². The Balaban J connectivity index is 1.48. The van der Waals surface area contributed by atoms with E-state index in [1.165, 1.54) is 12.3 Å². The summed E-state index contributed by atoms with van der Waals surface area (Å²) in [7, 11) is 0. The molecule has 10 heteroatoms. The molecule has 3 heterocycles. The number of aromatic carboxylic acids is 1. The number of piperazine rings is 1. The van der Waals surface area contributed by atoms with Crippen LogP contribution in [0.25, 0.3) is 10.9 Å². The number of aromatic nitrogens is 1. The second-order valence-corrected chi connectivity index (χ2v) is 8.74. The first-order chi connectivity index (χ1) is 15.7. The molecule has 0 atom stereocenters. The number of hydrogen-bond donors (Lipinski definition) is 1. The van der Waals surface area contributed by atoms with Crippen molar-refractivity contribution >= 4 is 22.6 Å². The lowest BCUT2D eigenvalue weighted by molar-refractivity contribution is 0.0695. The van der Waals surface area contributed by atoms with Crippen molar-refractivity contribution in [2.75, 3.05) is 31.1 Å². The van der Waals surface area contributed by atoms with Crippen LogP contribution < -0.4 is 16.2 Å². The first kappa shape index (κ1) is 21.4. The molecule has 1 saturated heterocycles. The highest BCUT2D eigenvalue weighted by Gasteiger charge is 2.30. The first-order valence-corrected chi connectivity index (χ1v) is 10.9. The third kappa shape index (κ3) is 3.74. The van der Waals surface area contributed by atoms with E-state index in [0.717, 1.165) is 12.8 Å². The van der Waals surface area contributed by atoms with E-state index >= 15 is 4.39 Å². The fourth-order valence-corrected chi connectivity index (χ4v) is 4.70. The third-order valence-electron chi connectivity index (χ3n) is 6.54. The minimum absolute atomic E-state index is 0.102. The Hall–Kier alpha value is -3.40. The van der Waals surface area contributed by atoms with Gasteiger partial charge in [-0.2, -0.15) is 0 Å². The molecular weight excluding hydrogens is 433 g/mol. The average molecular weight is 457 g/mol. The maximum atomic E-state index is 15.3. The van der Waals surface area contributed by atoms with Crippen molar-refractivity contribution in [2.45, 2.75) is 39.3 Å². The molecule has 1 aliphatic carbocycles.